The quantitative estimate of drug-likeness (QED) is 0.480. The van der Waals surface area contributed by atoms with E-state index in [0.29, 0.717) is 22.9 Å². The molecule has 5 nitrogen and oxygen atoms in total. The molecule has 166 valence electrons. The molecule has 7 heteroatoms. The summed E-state index contributed by atoms with van der Waals surface area (Å²) in [5, 5.41) is 7.84. The van der Waals surface area contributed by atoms with Crippen LogP contribution in [0.2, 0.25) is 10.0 Å². The fourth-order valence-corrected chi connectivity index (χ4v) is 4.82. The molecule has 0 spiro atoms. The highest BCUT2D eigenvalue weighted by molar-refractivity contribution is 6.36. The Morgan fingerprint density at radius 3 is 2.50 bits per heavy atom. The summed E-state index contributed by atoms with van der Waals surface area (Å²) < 4.78 is 0. The van der Waals surface area contributed by atoms with E-state index in [1.54, 1.807) is 13.0 Å². The number of amides is 1. The van der Waals surface area contributed by atoms with Crippen LogP contribution in [0, 0.1) is 0 Å². The third kappa shape index (κ3) is 4.45. The Morgan fingerprint density at radius 2 is 1.81 bits per heavy atom. The molecule has 0 aliphatic heterocycles. The van der Waals surface area contributed by atoms with Crippen LogP contribution in [0.1, 0.15) is 49.3 Å². The molecule has 0 saturated heterocycles. The lowest BCUT2D eigenvalue weighted by molar-refractivity contribution is -0.119. The molecule has 0 bridgehead atoms. The van der Waals surface area contributed by atoms with E-state index >= 15 is 0 Å². The number of benzene rings is 2. The summed E-state index contributed by atoms with van der Waals surface area (Å²) in [6.45, 7) is 5.66. The van der Waals surface area contributed by atoms with E-state index in [9.17, 15) is 4.79 Å². The molecule has 1 amide bonds. The Hall–Kier alpha value is -2.63. The van der Waals surface area contributed by atoms with Gasteiger partial charge in [-0.2, -0.15) is 0 Å². The lowest BCUT2D eigenvalue weighted by Crippen LogP contribution is -2.39. The van der Waals surface area contributed by atoms with Crippen molar-refractivity contribution in [3.63, 3.8) is 0 Å². The maximum absolute atomic E-state index is 11.8. The molecule has 2 aromatic carbocycles. The first-order chi connectivity index (χ1) is 15.4. The van der Waals surface area contributed by atoms with Crippen molar-refractivity contribution in [2.45, 2.75) is 52.1 Å². The van der Waals surface area contributed by atoms with Crippen molar-refractivity contribution in [1.29, 1.82) is 0 Å². The maximum Gasteiger partial charge on any atom is 0.217 e. The number of carbonyl (C=O) groups is 1. The van der Waals surface area contributed by atoms with Gasteiger partial charge in [0.25, 0.3) is 0 Å². The Labute approximate surface area is 198 Å². The average Bonchev–Trinajstić information content (AvgIpc) is 3.10. The Morgan fingerprint density at radius 1 is 1.06 bits per heavy atom. The van der Waals surface area contributed by atoms with E-state index in [2.05, 4.69) is 36.6 Å². The minimum Gasteiger partial charge on any atom is -0.360 e. The summed E-state index contributed by atoms with van der Waals surface area (Å²) in [6, 6.07) is 13.6. The van der Waals surface area contributed by atoms with Gasteiger partial charge < -0.3 is 10.6 Å². The lowest BCUT2D eigenvalue weighted by Gasteiger charge is -2.25. The molecule has 32 heavy (non-hydrogen) atoms. The highest BCUT2D eigenvalue weighted by Gasteiger charge is 2.33. The average molecular weight is 469 g/mol. The second kappa shape index (κ2) is 9.47. The van der Waals surface area contributed by atoms with Gasteiger partial charge in [-0.05, 0) is 48.6 Å². The van der Waals surface area contributed by atoms with Crippen LogP contribution in [0.15, 0.2) is 42.5 Å². The number of aryl methyl sites for hydroxylation is 2. The maximum atomic E-state index is 11.8. The summed E-state index contributed by atoms with van der Waals surface area (Å²) in [5.41, 5.74) is 5.73. The van der Waals surface area contributed by atoms with Gasteiger partial charge in [0, 0.05) is 17.5 Å². The van der Waals surface area contributed by atoms with Crippen molar-refractivity contribution in [1.82, 2.24) is 15.3 Å². The van der Waals surface area contributed by atoms with Gasteiger partial charge in [-0.15, -0.1) is 0 Å². The van der Waals surface area contributed by atoms with Crippen LogP contribution >= 0.6 is 23.2 Å². The standard InChI is InChI=1S/C25H26Cl2N4O/c1-4-20-24(18-11-10-16(26)13-19(18)27)29-21(5-2)25(30-20)31-23-17-9-7-6-8-15(17)12-22(23)28-14(3)32/h6-11,13,22-23H,4-5,12H2,1-3H3,(H,28,32)(H,30,31). The molecular weight excluding hydrogens is 443 g/mol. The Balaban J connectivity index is 1.75. The molecule has 1 heterocycles. The molecule has 2 atom stereocenters. The highest BCUT2D eigenvalue weighted by Crippen LogP contribution is 2.36. The van der Waals surface area contributed by atoms with Crippen LogP contribution in [-0.4, -0.2) is 21.9 Å². The molecule has 3 aromatic rings. The number of aromatic nitrogens is 2. The summed E-state index contributed by atoms with van der Waals surface area (Å²) in [7, 11) is 0. The van der Waals surface area contributed by atoms with Crippen molar-refractivity contribution in [2.24, 2.45) is 0 Å². The fraction of sp³-hybridized carbons (Fsp3) is 0.320. The van der Waals surface area contributed by atoms with E-state index in [1.807, 2.05) is 24.3 Å². The van der Waals surface area contributed by atoms with Crippen LogP contribution < -0.4 is 10.6 Å². The highest BCUT2D eigenvalue weighted by atomic mass is 35.5. The molecule has 1 aliphatic carbocycles. The van der Waals surface area contributed by atoms with E-state index in [4.69, 9.17) is 33.2 Å². The van der Waals surface area contributed by atoms with Crippen LogP contribution in [0.5, 0.6) is 0 Å². The number of fused-ring (bicyclic) bond motifs is 1. The van der Waals surface area contributed by atoms with E-state index in [0.717, 1.165) is 34.9 Å². The topological polar surface area (TPSA) is 66.9 Å². The van der Waals surface area contributed by atoms with E-state index in [1.165, 1.54) is 11.1 Å². The summed E-state index contributed by atoms with van der Waals surface area (Å²) in [5.74, 6) is 0.702. The van der Waals surface area contributed by atoms with Gasteiger partial charge in [0.05, 0.1) is 34.2 Å². The predicted octanol–water partition coefficient (Wildman–Crippen LogP) is 5.79. The Bertz CT molecular complexity index is 1160. The van der Waals surface area contributed by atoms with Gasteiger partial charge in [-0.3, -0.25) is 4.79 Å². The second-order valence-electron chi connectivity index (χ2n) is 7.98. The minimum absolute atomic E-state index is 0.0432. The Kier molecular flexibility index (Phi) is 6.68. The number of anilines is 1. The van der Waals surface area contributed by atoms with Crippen LogP contribution in [0.4, 0.5) is 5.82 Å². The van der Waals surface area contributed by atoms with Crippen LogP contribution in [0.25, 0.3) is 11.3 Å². The fourth-order valence-electron chi connectivity index (χ4n) is 4.33. The molecule has 0 radical (unpaired) electrons. The number of carbonyl (C=O) groups excluding carboxylic acids is 1. The first-order valence-corrected chi connectivity index (χ1v) is 11.6. The van der Waals surface area contributed by atoms with Gasteiger partial charge in [0.1, 0.15) is 5.82 Å². The summed E-state index contributed by atoms with van der Waals surface area (Å²) in [6.07, 6.45) is 2.19. The number of nitrogens with zero attached hydrogens (tertiary/aromatic N) is 2. The third-order valence-corrected chi connectivity index (χ3v) is 6.36. The summed E-state index contributed by atoms with van der Waals surface area (Å²) in [4.78, 5) is 21.8. The van der Waals surface area contributed by atoms with Crippen molar-refractivity contribution in [3.05, 3.63) is 75.0 Å². The predicted molar refractivity (Wildman–Crippen MR) is 130 cm³/mol. The van der Waals surface area contributed by atoms with Crippen molar-refractivity contribution in [3.8, 4) is 11.3 Å². The normalized spacial score (nSPS) is 17.2. The number of rotatable bonds is 6. The second-order valence-corrected chi connectivity index (χ2v) is 8.82. The smallest absolute Gasteiger partial charge is 0.217 e. The molecule has 2 unspecified atom stereocenters. The molecule has 0 fully saturated rings. The molecular formula is C25H26Cl2N4O. The SMILES string of the molecule is CCc1nc(-c2ccc(Cl)cc2Cl)c(CC)nc1NC1c2ccccc2CC1NC(C)=O. The van der Waals surface area contributed by atoms with Gasteiger partial charge in [0.15, 0.2) is 0 Å². The largest absolute Gasteiger partial charge is 0.360 e. The van der Waals surface area contributed by atoms with Gasteiger partial charge in [-0.25, -0.2) is 9.97 Å². The lowest BCUT2D eigenvalue weighted by atomic mass is 10.1. The van der Waals surface area contributed by atoms with Crippen molar-refractivity contribution < 1.29 is 4.79 Å². The zero-order valence-corrected chi connectivity index (χ0v) is 19.9. The van der Waals surface area contributed by atoms with Gasteiger partial charge in [-0.1, -0.05) is 61.3 Å². The zero-order chi connectivity index (χ0) is 22.8. The number of halogens is 2. The molecule has 1 aliphatic rings. The van der Waals surface area contributed by atoms with Gasteiger partial charge >= 0.3 is 0 Å². The number of nitrogens with one attached hydrogen (secondary N) is 2. The number of hydrogen-bond acceptors (Lipinski definition) is 4. The monoisotopic (exact) mass is 468 g/mol. The third-order valence-electron chi connectivity index (χ3n) is 5.81. The zero-order valence-electron chi connectivity index (χ0n) is 18.4. The number of hydrogen-bond donors (Lipinski definition) is 2. The first-order valence-electron chi connectivity index (χ1n) is 10.9. The summed E-state index contributed by atoms with van der Waals surface area (Å²) >= 11 is 12.6. The minimum atomic E-state index is -0.0793. The van der Waals surface area contributed by atoms with E-state index in [-0.39, 0.29) is 18.0 Å². The molecule has 1 aromatic heterocycles. The van der Waals surface area contributed by atoms with Crippen LogP contribution in [0.3, 0.4) is 0 Å². The van der Waals surface area contributed by atoms with Gasteiger partial charge in [0.2, 0.25) is 5.91 Å². The molecule has 0 saturated carbocycles. The first kappa shape index (κ1) is 22.6. The molecule has 2 N–H and O–H groups in total. The van der Waals surface area contributed by atoms with Crippen molar-refractivity contribution in [2.75, 3.05) is 5.32 Å². The van der Waals surface area contributed by atoms with Crippen LogP contribution in [-0.2, 0) is 24.1 Å². The molecule has 4 rings (SSSR count). The van der Waals surface area contributed by atoms with Crippen molar-refractivity contribution >= 4 is 34.9 Å². The van der Waals surface area contributed by atoms with E-state index < -0.39 is 0 Å².